The number of carbonyl (C=O) groups excluding carboxylic acids is 1. The second-order valence-corrected chi connectivity index (χ2v) is 5.38. The Bertz CT molecular complexity index is 607. The van der Waals surface area contributed by atoms with Crippen LogP contribution in [0.1, 0.15) is 35.8 Å². The first-order valence-corrected chi connectivity index (χ1v) is 6.96. The van der Waals surface area contributed by atoms with Crippen molar-refractivity contribution in [1.82, 2.24) is 0 Å². The SMILES string of the molecule is CC(=O)c1ccc(N(C)C(C)c2cccc(Cl)c2)cc1. The molecule has 104 valence electrons. The van der Waals surface area contributed by atoms with Gasteiger partial charge in [-0.2, -0.15) is 0 Å². The number of halogens is 1. The molecular formula is C17H18ClNO. The second-order valence-electron chi connectivity index (χ2n) is 4.94. The van der Waals surface area contributed by atoms with E-state index in [1.165, 1.54) is 0 Å². The molecule has 0 aliphatic heterocycles. The zero-order valence-electron chi connectivity index (χ0n) is 11.9. The first kappa shape index (κ1) is 14.6. The largest absolute Gasteiger partial charge is 0.368 e. The average molecular weight is 288 g/mol. The summed E-state index contributed by atoms with van der Waals surface area (Å²) in [7, 11) is 2.04. The van der Waals surface area contributed by atoms with Crippen LogP contribution >= 0.6 is 11.6 Å². The van der Waals surface area contributed by atoms with Gasteiger partial charge in [0, 0.05) is 23.3 Å². The van der Waals surface area contributed by atoms with Crippen molar-refractivity contribution < 1.29 is 4.79 Å². The maximum atomic E-state index is 11.3. The summed E-state index contributed by atoms with van der Waals surface area (Å²) in [6.45, 7) is 3.71. The first-order chi connectivity index (χ1) is 9.49. The highest BCUT2D eigenvalue weighted by Crippen LogP contribution is 2.27. The van der Waals surface area contributed by atoms with Gasteiger partial charge in [-0.15, -0.1) is 0 Å². The Labute approximate surface area is 125 Å². The molecule has 0 saturated heterocycles. The molecule has 1 atom stereocenters. The van der Waals surface area contributed by atoms with Crippen LogP contribution in [0.5, 0.6) is 0 Å². The molecule has 0 radical (unpaired) electrons. The molecule has 0 aliphatic rings. The molecule has 3 heteroatoms. The van der Waals surface area contributed by atoms with Crippen LogP contribution in [-0.4, -0.2) is 12.8 Å². The average Bonchev–Trinajstić information content (AvgIpc) is 2.46. The number of hydrogen-bond donors (Lipinski definition) is 0. The highest BCUT2D eigenvalue weighted by molar-refractivity contribution is 6.30. The molecule has 0 heterocycles. The van der Waals surface area contributed by atoms with E-state index in [0.717, 1.165) is 21.8 Å². The van der Waals surface area contributed by atoms with E-state index < -0.39 is 0 Å². The molecule has 0 spiro atoms. The van der Waals surface area contributed by atoms with Gasteiger partial charge >= 0.3 is 0 Å². The molecular weight excluding hydrogens is 270 g/mol. The van der Waals surface area contributed by atoms with Gasteiger partial charge in [-0.05, 0) is 55.8 Å². The van der Waals surface area contributed by atoms with Gasteiger partial charge < -0.3 is 4.90 Å². The van der Waals surface area contributed by atoms with Gasteiger partial charge in [0.05, 0.1) is 6.04 Å². The molecule has 0 amide bonds. The molecule has 1 unspecified atom stereocenters. The summed E-state index contributed by atoms with van der Waals surface area (Å²) in [5.74, 6) is 0.0853. The van der Waals surface area contributed by atoms with Crippen molar-refractivity contribution in [2.75, 3.05) is 11.9 Å². The first-order valence-electron chi connectivity index (χ1n) is 6.58. The summed E-state index contributed by atoms with van der Waals surface area (Å²) < 4.78 is 0. The molecule has 0 bridgehead atoms. The summed E-state index contributed by atoms with van der Waals surface area (Å²) >= 11 is 6.04. The third-order valence-electron chi connectivity index (χ3n) is 3.59. The predicted octanol–water partition coefficient (Wildman–Crippen LogP) is 4.74. The van der Waals surface area contributed by atoms with E-state index in [1.807, 2.05) is 49.5 Å². The lowest BCUT2D eigenvalue weighted by atomic mass is 10.1. The van der Waals surface area contributed by atoms with Gasteiger partial charge in [-0.3, -0.25) is 4.79 Å². The van der Waals surface area contributed by atoms with Crippen LogP contribution in [0.2, 0.25) is 5.02 Å². The van der Waals surface area contributed by atoms with E-state index in [0.29, 0.717) is 0 Å². The van der Waals surface area contributed by atoms with E-state index in [-0.39, 0.29) is 11.8 Å². The zero-order chi connectivity index (χ0) is 14.7. The van der Waals surface area contributed by atoms with Crippen molar-refractivity contribution in [3.8, 4) is 0 Å². The molecule has 2 rings (SSSR count). The van der Waals surface area contributed by atoms with Gasteiger partial charge in [-0.25, -0.2) is 0 Å². The second kappa shape index (κ2) is 6.10. The van der Waals surface area contributed by atoms with Gasteiger partial charge in [0.1, 0.15) is 0 Å². The third kappa shape index (κ3) is 3.20. The van der Waals surface area contributed by atoms with Crippen LogP contribution in [0.25, 0.3) is 0 Å². The van der Waals surface area contributed by atoms with Crippen molar-refractivity contribution in [2.45, 2.75) is 19.9 Å². The Hall–Kier alpha value is -1.80. The zero-order valence-corrected chi connectivity index (χ0v) is 12.7. The number of anilines is 1. The van der Waals surface area contributed by atoms with Crippen molar-refractivity contribution >= 4 is 23.1 Å². The summed E-state index contributed by atoms with van der Waals surface area (Å²) in [4.78, 5) is 13.5. The number of nitrogens with zero attached hydrogens (tertiary/aromatic N) is 1. The highest BCUT2D eigenvalue weighted by atomic mass is 35.5. The Morgan fingerprint density at radius 3 is 2.35 bits per heavy atom. The minimum absolute atomic E-state index is 0.0853. The van der Waals surface area contributed by atoms with Crippen molar-refractivity contribution in [3.63, 3.8) is 0 Å². The van der Waals surface area contributed by atoms with Crippen LogP contribution in [0.3, 0.4) is 0 Å². The molecule has 2 aromatic rings. The number of Topliss-reactive ketones (excluding diaryl/α,β-unsaturated/α-hetero) is 1. The molecule has 2 nitrogen and oxygen atoms in total. The van der Waals surface area contributed by atoms with Gasteiger partial charge in [0.15, 0.2) is 5.78 Å². The molecule has 2 aromatic carbocycles. The molecule has 0 aromatic heterocycles. The Kier molecular flexibility index (Phi) is 4.46. The fourth-order valence-electron chi connectivity index (χ4n) is 2.14. The summed E-state index contributed by atoms with van der Waals surface area (Å²) in [5.41, 5.74) is 2.97. The lowest BCUT2D eigenvalue weighted by molar-refractivity contribution is 0.101. The maximum absolute atomic E-state index is 11.3. The monoisotopic (exact) mass is 287 g/mol. The molecule has 0 fully saturated rings. The van der Waals surface area contributed by atoms with E-state index >= 15 is 0 Å². The number of benzene rings is 2. The number of carbonyl (C=O) groups is 1. The van der Waals surface area contributed by atoms with Crippen molar-refractivity contribution in [3.05, 3.63) is 64.7 Å². The van der Waals surface area contributed by atoms with Gasteiger partial charge in [0.25, 0.3) is 0 Å². The minimum Gasteiger partial charge on any atom is -0.368 e. The van der Waals surface area contributed by atoms with E-state index in [9.17, 15) is 4.79 Å². The minimum atomic E-state index is 0.0853. The number of hydrogen-bond acceptors (Lipinski definition) is 2. The van der Waals surface area contributed by atoms with E-state index in [1.54, 1.807) is 6.92 Å². The van der Waals surface area contributed by atoms with Crippen molar-refractivity contribution in [1.29, 1.82) is 0 Å². The van der Waals surface area contributed by atoms with Crippen LogP contribution in [0.4, 0.5) is 5.69 Å². The lowest BCUT2D eigenvalue weighted by Crippen LogP contribution is -2.21. The molecule has 20 heavy (non-hydrogen) atoms. The Morgan fingerprint density at radius 1 is 1.15 bits per heavy atom. The summed E-state index contributed by atoms with van der Waals surface area (Å²) in [6.07, 6.45) is 0. The molecule has 0 N–H and O–H groups in total. The number of rotatable bonds is 4. The Morgan fingerprint density at radius 2 is 1.80 bits per heavy atom. The standard InChI is InChI=1S/C17H18ClNO/c1-12(15-5-4-6-16(18)11-15)19(3)17-9-7-14(8-10-17)13(2)20/h4-12H,1-3H3. The van der Waals surface area contributed by atoms with E-state index in [2.05, 4.69) is 17.9 Å². The van der Waals surface area contributed by atoms with Gasteiger partial charge in [0.2, 0.25) is 0 Å². The van der Waals surface area contributed by atoms with Crippen LogP contribution in [0.15, 0.2) is 48.5 Å². The Balaban J connectivity index is 2.22. The lowest BCUT2D eigenvalue weighted by Gasteiger charge is -2.27. The maximum Gasteiger partial charge on any atom is 0.159 e. The summed E-state index contributed by atoms with van der Waals surface area (Å²) in [6, 6.07) is 15.7. The quantitative estimate of drug-likeness (QED) is 0.757. The van der Waals surface area contributed by atoms with Crippen molar-refractivity contribution in [2.24, 2.45) is 0 Å². The highest BCUT2D eigenvalue weighted by Gasteiger charge is 2.13. The van der Waals surface area contributed by atoms with Crippen LogP contribution < -0.4 is 4.90 Å². The smallest absolute Gasteiger partial charge is 0.159 e. The topological polar surface area (TPSA) is 20.3 Å². The third-order valence-corrected chi connectivity index (χ3v) is 3.83. The molecule has 0 saturated carbocycles. The van der Waals surface area contributed by atoms with Gasteiger partial charge in [-0.1, -0.05) is 23.7 Å². The fraction of sp³-hybridized carbons (Fsp3) is 0.235. The van der Waals surface area contributed by atoms with E-state index in [4.69, 9.17) is 11.6 Å². The summed E-state index contributed by atoms with van der Waals surface area (Å²) in [5, 5.41) is 0.745. The fourth-order valence-corrected chi connectivity index (χ4v) is 2.34. The predicted molar refractivity (Wildman–Crippen MR) is 84.7 cm³/mol. The van der Waals surface area contributed by atoms with Crippen LogP contribution in [0, 0.1) is 0 Å². The normalized spacial score (nSPS) is 12.0. The number of ketones is 1. The van der Waals surface area contributed by atoms with Crippen LogP contribution in [-0.2, 0) is 0 Å². The molecule has 0 aliphatic carbocycles.